The summed E-state index contributed by atoms with van der Waals surface area (Å²) in [5.41, 5.74) is 2.01. The molecule has 0 aromatic heterocycles. The van der Waals surface area contributed by atoms with Gasteiger partial charge in [0.25, 0.3) is 0 Å². The van der Waals surface area contributed by atoms with Gasteiger partial charge in [0.1, 0.15) is 12.7 Å². The third-order valence-corrected chi connectivity index (χ3v) is 5.95. The number of aryl methyl sites for hydroxylation is 1. The quantitative estimate of drug-likeness (QED) is 0.269. The monoisotopic (exact) mass is 436 g/mol. The third kappa shape index (κ3) is 8.80. The second kappa shape index (κ2) is 14.4. The van der Waals surface area contributed by atoms with Crippen LogP contribution in [0.4, 0.5) is 0 Å². The van der Waals surface area contributed by atoms with Crippen LogP contribution in [0, 0.1) is 11.8 Å². The van der Waals surface area contributed by atoms with Gasteiger partial charge in [0.15, 0.2) is 5.78 Å². The van der Waals surface area contributed by atoms with Crippen LogP contribution in [-0.4, -0.2) is 29.6 Å². The molecule has 4 rings (SSSR count). The molecule has 1 heterocycles. The number of aliphatic hydroxyl groups excluding tert-OH is 1. The molecule has 0 unspecified atom stereocenters. The van der Waals surface area contributed by atoms with Gasteiger partial charge in [0.2, 0.25) is 0 Å². The molecule has 1 saturated carbocycles. The van der Waals surface area contributed by atoms with E-state index in [0.29, 0.717) is 23.8 Å². The Morgan fingerprint density at radius 3 is 2.31 bits per heavy atom. The van der Waals surface area contributed by atoms with E-state index in [-0.39, 0.29) is 17.9 Å². The molecular formula is C28H36O4. The van der Waals surface area contributed by atoms with Gasteiger partial charge in [0, 0.05) is 11.5 Å². The zero-order chi connectivity index (χ0) is 23.2. The summed E-state index contributed by atoms with van der Waals surface area (Å²) in [7, 11) is 0. The summed E-state index contributed by atoms with van der Waals surface area (Å²) in [6, 6.07) is 19.4. The Bertz CT molecular complexity index is 829. The Morgan fingerprint density at radius 2 is 1.72 bits per heavy atom. The number of rotatable bonds is 6. The molecule has 4 heteroatoms. The van der Waals surface area contributed by atoms with Gasteiger partial charge >= 0.3 is 5.97 Å². The number of ketones is 1. The van der Waals surface area contributed by atoms with Crippen LogP contribution >= 0.6 is 0 Å². The number of carbonyl (C=O) groups excluding carboxylic acids is 2. The lowest BCUT2D eigenvalue weighted by Crippen LogP contribution is -2.10. The Morgan fingerprint density at radius 1 is 1.06 bits per heavy atom. The average Bonchev–Trinajstić information content (AvgIpc) is 3.38. The van der Waals surface area contributed by atoms with Crippen molar-refractivity contribution < 1.29 is 19.4 Å². The second-order valence-corrected chi connectivity index (χ2v) is 8.35. The highest BCUT2D eigenvalue weighted by Gasteiger charge is 2.42. The summed E-state index contributed by atoms with van der Waals surface area (Å²) in [5, 5.41) is 8.44. The van der Waals surface area contributed by atoms with Gasteiger partial charge in [0.05, 0.1) is 6.42 Å². The number of aliphatic hydroxyl groups is 1. The van der Waals surface area contributed by atoms with Gasteiger partial charge in [-0.2, -0.15) is 0 Å². The number of benzene rings is 2. The molecule has 0 bridgehead atoms. The molecule has 1 saturated heterocycles. The molecule has 0 spiro atoms. The highest BCUT2D eigenvalue weighted by atomic mass is 16.5. The highest BCUT2D eigenvalue weighted by Crippen LogP contribution is 2.40. The van der Waals surface area contributed by atoms with Crippen molar-refractivity contribution in [2.24, 2.45) is 11.8 Å². The number of allylic oxidation sites excluding steroid dienone is 2. The first-order valence-corrected chi connectivity index (χ1v) is 11.6. The summed E-state index contributed by atoms with van der Waals surface area (Å²) in [5.74, 6) is 1.03. The molecule has 0 amide bonds. The van der Waals surface area contributed by atoms with Gasteiger partial charge in [-0.25, -0.2) is 0 Å². The predicted molar refractivity (Wildman–Crippen MR) is 128 cm³/mol. The first kappa shape index (κ1) is 25.5. The fraction of sp³-hybridized carbons (Fsp3) is 0.429. The summed E-state index contributed by atoms with van der Waals surface area (Å²) in [6.45, 7) is 3.87. The van der Waals surface area contributed by atoms with Crippen molar-refractivity contribution in [3.63, 3.8) is 0 Å². The largest absolute Gasteiger partial charge is 0.462 e. The predicted octanol–water partition coefficient (Wildman–Crippen LogP) is 5.80. The van der Waals surface area contributed by atoms with E-state index in [4.69, 9.17) is 9.84 Å². The van der Waals surface area contributed by atoms with E-state index in [2.05, 4.69) is 56.3 Å². The molecule has 3 atom stereocenters. The van der Waals surface area contributed by atoms with Crippen LogP contribution < -0.4 is 0 Å². The molecule has 172 valence electrons. The second-order valence-electron chi connectivity index (χ2n) is 8.35. The SMILES string of the molecule is C/C=C/CCCc1ccccc1.C[C@H]1CC[C@@H]2OC(=O)C[C@@H]21.O=C(CO)c1ccccc1. The molecule has 4 nitrogen and oxygen atoms in total. The van der Waals surface area contributed by atoms with Crippen molar-refractivity contribution in [2.75, 3.05) is 6.61 Å². The zero-order valence-electron chi connectivity index (χ0n) is 19.3. The van der Waals surface area contributed by atoms with Crippen LogP contribution in [0.15, 0.2) is 72.8 Å². The number of fused-ring (bicyclic) bond motifs is 1. The standard InChI is InChI=1S/C12H16.C8H12O2.C8H8O2/c1-2-3-4-6-9-12-10-7-5-8-11-12;1-5-2-3-7-6(5)4-8(9)10-7;9-6-8(10)7-4-2-1-3-5-7/h2-3,5,7-8,10-11H,4,6,9H2,1H3;5-7H,2-4H2,1H3;1-5,9H,6H2/b3-2+;;/t;5-,6+,7-;/m.0./s1. The minimum absolute atomic E-state index is 0.0153. The maximum atomic E-state index is 10.8. The minimum Gasteiger partial charge on any atom is -0.462 e. The van der Waals surface area contributed by atoms with Crippen molar-refractivity contribution in [2.45, 2.75) is 58.5 Å². The Kier molecular flexibility index (Phi) is 11.5. The van der Waals surface area contributed by atoms with E-state index in [0.717, 1.165) is 6.42 Å². The Balaban J connectivity index is 0.000000171. The number of esters is 1. The Hall–Kier alpha value is -2.72. The average molecular weight is 437 g/mol. The number of carbonyl (C=O) groups is 2. The normalized spacial score (nSPS) is 21.1. The topological polar surface area (TPSA) is 63.6 Å². The maximum absolute atomic E-state index is 10.8. The van der Waals surface area contributed by atoms with Crippen molar-refractivity contribution in [1.29, 1.82) is 0 Å². The van der Waals surface area contributed by atoms with Crippen LogP contribution in [0.25, 0.3) is 0 Å². The fourth-order valence-corrected chi connectivity index (χ4v) is 4.06. The number of hydrogen-bond donors (Lipinski definition) is 1. The Labute approximate surface area is 192 Å². The molecule has 1 N–H and O–H groups in total. The molecule has 1 aliphatic carbocycles. The smallest absolute Gasteiger partial charge is 0.306 e. The fourth-order valence-electron chi connectivity index (χ4n) is 4.06. The molecule has 2 aromatic rings. The van der Waals surface area contributed by atoms with Gasteiger partial charge < -0.3 is 9.84 Å². The van der Waals surface area contributed by atoms with E-state index in [9.17, 15) is 9.59 Å². The van der Waals surface area contributed by atoms with Crippen molar-refractivity contribution >= 4 is 11.8 Å². The molecule has 32 heavy (non-hydrogen) atoms. The molecular weight excluding hydrogens is 400 g/mol. The van der Waals surface area contributed by atoms with Crippen LogP contribution in [-0.2, 0) is 16.0 Å². The maximum Gasteiger partial charge on any atom is 0.306 e. The van der Waals surface area contributed by atoms with Crippen LogP contribution in [0.3, 0.4) is 0 Å². The number of unbranched alkanes of at least 4 members (excludes halogenated alkanes) is 1. The van der Waals surface area contributed by atoms with Gasteiger partial charge in [-0.3, -0.25) is 9.59 Å². The van der Waals surface area contributed by atoms with E-state index in [1.165, 1.54) is 31.2 Å². The summed E-state index contributed by atoms with van der Waals surface area (Å²) >= 11 is 0. The van der Waals surface area contributed by atoms with Crippen LogP contribution in [0.5, 0.6) is 0 Å². The van der Waals surface area contributed by atoms with Gasteiger partial charge in [-0.05, 0) is 50.5 Å². The molecule has 2 aliphatic rings. The zero-order valence-corrected chi connectivity index (χ0v) is 19.3. The van der Waals surface area contributed by atoms with Crippen molar-refractivity contribution in [3.8, 4) is 0 Å². The van der Waals surface area contributed by atoms with Gasteiger partial charge in [-0.1, -0.05) is 79.7 Å². The number of ether oxygens (including phenoxy) is 1. The lowest BCUT2D eigenvalue weighted by molar-refractivity contribution is -0.141. The van der Waals surface area contributed by atoms with E-state index >= 15 is 0 Å². The first-order chi connectivity index (χ1) is 15.5. The first-order valence-electron chi connectivity index (χ1n) is 11.6. The minimum atomic E-state index is -0.413. The van der Waals surface area contributed by atoms with Crippen molar-refractivity contribution in [1.82, 2.24) is 0 Å². The van der Waals surface area contributed by atoms with Crippen LogP contribution in [0.2, 0.25) is 0 Å². The van der Waals surface area contributed by atoms with Crippen LogP contribution in [0.1, 0.15) is 61.9 Å². The molecule has 1 aliphatic heterocycles. The van der Waals surface area contributed by atoms with Crippen molar-refractivity contribution in [3.05, 3.63) is 83.9 Å². The summed E-state index contributed by atoms with van der Waals surface area (Å²) < 4.78 is 5.12. The summed E-state index contributed by atoms with van der Waals surface area (Å²) in [4.78, 5) is 21.5. The molecule has 2 aromatic carbocycles. The molecule has 2 fully saturated rings. The number of Topliss-reactive ketones (excluding diaryl/α,β-unsaturated/α-hetero) is 1. The lowest BCUT2D eigenvalue weighted by atomic mass is 9.95. The van der Waals surface area contributed by atoms with E-state index in [1.807, 2.05) is 6.07 Å². The van der Waals surface area contributed by atoms with Gasteiger partial charge in [-0.15, -0.1) is 0 Å². The molecule has 0 radical (unpaired) electrons. The number of hydrogen-bond acceptors (Lipinski definition) is 4. The highest BCUT2D eigenvalue weighted by molar-refractivity contribution is 5.96. The van der Waals surface area contributed by atoms with E-state index < -0.39 is 6.61 Å². The van der Waals surface area contributed by atoms with E-state index in [1.54, 1.807) is 24.3 Å². The third-order valence-electron chi connectivity index (χ3n) is 5.95. The lowest BCUT2D eigenvalue weighted by Gasteiger charge is -2.08. The summed E-state index contributed by atoms with van der Waals surface area (Å²) in [6.07, 6.45) is 11.3.